The summed E-state index contributed by atoms with van der Waals surface area (Å²) in [6, 6.07) is 21.5. The normalized spacial score (nSPS) is 17.9. The third kappa shape index (κ3) is 5.29. The highest BCUT2D eigenvalue weighted by Gasteiger charge is 2.57. The molecule has 2 heterocycles. The molecule has 1 fully saturated rings. The standard InChI is InChI=1S/C29H28N2O6S3/c1-21-10-14-24(15-11-21)39(33,34)30-26(20-37-19-23-7-4-3-5-8-23)28(27-9-6-18-38-27)31(29(30)32)40(35,36)25-16-12-22(2)13-17-25/h3-18,26,28H,19-20H2,1-2H3/t26-,28+/m1/s1. The summed E-state index contributed by atoms with van der Waals surface area (Å²) in [5.41, 5.74) is 2.54. The van der Waals surface area contributed by atoms with Crippen molar-refractivity contribution < 1.29 is 26.4 Å². The van der Waals surface area contributed by atoms with Crippen LogP contribution >= 0.6 is 11.3 Å². The Morgan fingerprint density at radius 2 is 1.27 bits per heavy atom. The van der Waals surface area contributed by atoms with Gasteiger partial charge in [0.15, 0.2) is 0 Å². The molecule has 11 heteroatoms. The quantitative estimate of drug-likeness (QED) is 0.253. The van der Waals surface area contributed by atoms with Crippen molar-refractivity contribution in [3.05, 3.63) is 118 Å². The van der Waals surface area contributed by atoms with Crippen molar-refractivity contribution in [1.29, 1.82) is 0 Å². The predicted octanol–water partition coefficient (Wildman–Crippen LogP) is 5.51. The van der Waals surface area contributed by atoms with Gasteiger partial charge in [-0.2, -0.15) is 0 Å². The van der Waals surface area contributed by atoms with Gasteiger partial charge in [-0.05, 0) is 55.1 Å². The first-order valence-electron chi connectivity index (χ1n) is 12.5. The Balaban J connectivity index is 1.62. The number of urea groups is 1. The molecule has 1 saturated heterocycles. The molecule has 0 unspecified atom stereocenters. The number of ether oxygens (including phenoxy) is 1. The summed E-state index contributed by atoms with van der Waals surface area (Å²) in [5, 5.41) is 1.76. The fraction of sp³-hybridized carbons (Fsp3) is 0.207. The Labute approximate surface area is 238 Å². The Hall–Kier alpha value is -3.51. The van der Waals surface area contributed by atoms with Crippen LogP contribution in [0, 0.1) is 13.8 Å². The number of amides is 2. The lowest BCUT2D eigenvalue weighted by molar-refractivity contribution is 0.0827. The number of carbonyl (C=O) groups is 1. The molecule has 0 saturated carbocycles. The molecular weight excluding hydrogens is 569 g/mol. The molecule has 2 atom stereocenters. The second-order valence-electron chi connectivity index (χ2n) is 9.54. The fourth-order valence-electron chi connectivity index (χ4n) is 4.62. The van der Waals surface area contributed by atoms with Crippen LogP contribution < -0.4 is 0 Å². The van der Waals surface area contributed by atoms with E-state index in [2.05, 4.69) is 0 Å². The summed E-state index contributed by atoms with van der Waals surface area (Å²) in [5.74, 6) is 0. The second-order valence-corrected chi connectivity index (χ2v) is 14.1. The van der Waals surface area contributed by atoms with E-state index in [9.17, 15) is 21.6 Å². The summed E-state index contributed by atoms with van der Waals surface area (Å²) < 4.78 is 63.4. The molecule has 4 aromatic rings. The number of thiophene rings is 1. The van der Waals surface area contributed by atoms with Crippen LogP contribution in [0.25, 0.3) is 0 Å². The summed E-state index contributed by atoms with van der Waals surface area (Å²) in [6.07, 6.45) is 0. The van der Waals surface area contributed by atoms with E-state index in [4.69, 9.17) is 4.74 Å². The minimum absolute atomic E-state index is 0.105. The molecule has 3 aromatic carbocycles. The zero-order valence-corrected chi connectivity index (χ0v) is 24.3. The topological polar surface area (TPSA) is 101 Å². The first-order chi connectivity index (χ1) is 19.1. The van der Waals surface area contributed by atoms with Gasteiger partial charge in [-0.3, -0.25) is 0 Å². The molecule has 40 heavy (non-hydrogen) atoms. The summed E-state index contributed by atoms with van der Waals surface area (Å²) in [6.45, 7) is 3.59. The number of nitrogens with zero attached hydrogens (tertiary/aromatic N) is 2. The number of hydrogen-bond acceptors (Lipinski definition) is 7. The molecule has 1 aromatic heterocycles. The Bertz CT molecular complexity index is 1690. The van der Waals surface area contributed by atoms with E-state index in [1.54, 1.807) is 41.8 Å². The van der Waals surface area contributed by atoms with Crippen molar-refractivity contribution in [3.63, 3.8) is 0 Å². The van der Waals surface area contributed by atoms with Gasteiger partial charge in [0.2, 0.25) is 0 Å². The van der Waals surface area contributed by atoms with Crippen molar-refractivity contribution in [2.24, 2.45) is 0 Å². The maximum atomic E-state index is 14.1. The lowest BCUT2D eigenvalue weighted by Crippen LogP contribution is -2.42. The molecule has 208 valence electrons. The zero-order chi connectivity index (χ0) is 28.5. The van der Waals surface area contributed by atoms with E-state index in [1.165, 1.54) is 35.6 Å². The lowest BCUT2D eigenvalue weighted by Gasteiger charge is -2.26. The largest absolute Gasteiger partial charge is 0.374 e. The van der Waals surface area contributed by atoms with Crippen LogP contribution in [0.2, 0.25) is 0 Å². The summed E-state index contributed by atoms with van der Waals surface area (Å²) in [4.78, 5) is 14.4. The van der Waals surface area contributed by atoms with Crippen molar-refractivity contribution in [2.75, 3.05) is 6.61 Å². The molecular formula is C29H28N2O6S3. The van der Waals surface area contributed by atoms with Gasteiger partial charge in [0, 0.05) is 4.88 Å². The van der Waals surface area contributed by atoms with Gasteiger partial charge < -0.3 is 4.74 Å². The van der Waals surface area contributed by atoms with Gasteiger partial charge >= 0.3 is 6.03 Å². The molecule has 0 aliphatic carbocycles. The van der Waals surface area contributed by atoms with E-state index in [-0.39, 0.29) is 23.0 Å². The van der Waals surface area contributed by atoms with Crippen LogP contribution in [0.1, 0.15) is 27.6 Å². The summed E-state index contributed by atoms with van der Waals surface area (Å²) in [7, 11) is -8.90. The van der Waals surface area contributed by atoms with E-state index in [0.29, 0.717) is 13.5 Å². The van der Waals surface area contributed by atoms with Gasteiger partial charge in [-0.1, -0.05) is 71.8 Å². The number of hydrogen-bond donors (Lipinski definition) is 0. The predicted molar refractivity (Wildman–Crippen MR) is 153 cm³/mol. The first kappa shape index (κ1) is 28.0. The third-order valence-corrected chi connectivity index (χ3v) is 11.2. The third-order valence-electron chi connectivity index (χ3n) is 6.69. The van der Waals surface area contributed by atoms with E-state index < -0.39 is 38.2 Å². The van der Waals surface area contributed by atoms with Crippen molar-refractivity contribution >= 4 is 37.4 Å². The van der Waals surface area contributed by atoms with Crippen molar-refractivity contribution in [2.45, 2.75) is 42.3 Å². The SMILES string of the molecule is Cc1ccc(S(=O)(=O)N2C(=O)N(S(=O)(=O)c3ccc(C)cc3)[C@H](c3cccs3)[C@H]2COCc2ccccc2)cc1. The number of sulfonamides is 2. The van der Waals surface area contributed by atoms with Crippen LogP contribution in [-0.2, 0) is 31.4 Å². The Kier molecular flexibility index (Phi) is 7.83. The van der Waals surface area contributed by atoms with Crippen molar-refractivity contribution in [3.8, 4) is 0 Å². The molecule has 1 aliphatic rings. The molecule has 1 aliphatic heterocycles. The maximum Gasteiger partial charge on any atom is 0.349 e. The van der Waals surface area contributed by atoms with Crippen LogP contribution in [0.3, 0.4) is 0 Å². The molecule has 0 N–H and O–H groups in total. The lowest BCUT2D eigenvalue weighted by atomic mass is 10.1. The van der Waals surface area contributed by atoms with E-state index in [1.807, 2.05) is 44.2 Å². The molecule has 0 radical (unpaired) electrons. The maximum absolute atomic E-state index is 14.1. The van der Waals surface area contributed by atoms with Gasteiger partial charge in [0.25, 0.3) is 20.0 Å². The number of aryl methyl sites for hydroxylation is 2. The number of benzene rings is 3. The molecule has 2 amide bonds. The second kappa shape index (κ2) is 11.2. The highest BCUT2D eigenvalue weighted by Crippen LogP contribution is 2.43. The van der Waals surface area contributed by atoms with E-state index >= 15 is 0 Å². The monoisotopic (exact) mass is 596 g/mol. The fourth-order valence-corrected chi connectivity index (χ4v) is 8.70. The minimum atomic E-state index is -4.45. The van der Waals surface area contributed by atoms with Crippen molar-refractivity contribution in [1.82, 2.24) is 8.61 Å². The minimum Gasteiger partial charge on any atom is -0.374 e. The van der Waals surface area contributed by atoms with Crippen LogP contribution in [-0.4, -0.2) is 44.1 Å². The van der Waals surface area contributed by atoms with Gasteiger partial charge in [-0.25, -0.2) is 30.2 Å². The smallest absolute Gasteiger partial charge is 0.349 e. The molecule has 0 bridgehead atoms. The first-order valence-corrected chi connectivity index (χ1v) is 16.3. The highest BCUT2D eigenvalue weighted by molar-refractivity contribution is 7.91. The average molecular weight is 597 g/mol. The summed E-state index contributed by atoms with van der Waals surface area (Å²) >= 11 is 1.25. The van der Waals surface area contributed by atoms with Crippen LogP contribution in [0.5, 0.6) is 0 Å². The number of rotatable bonds is 9. The van der Waals surface area contributed by atoms with Gasteiger partial charge in [0.05, 0.1) is 23.0 Å². The van der Waals surface area contributed by atoms with Crippen LogP contribution in [0.4, 0.5) is 4.79 Å². The van der Waals surface area contributed by atoms with E-state index in [0.717, 1.165) is 16.7 Å². The Morgan fingerprint density at radius 1 is 0.725 bits per heavy atom. The molecule has 5 rings (SSSR count). The number of carbonyl (C=O) groups excluding carboxylic acids is 1. The van der Waals surface area contributed by atoms with Crippen LogP contribution in [0.15, 0.2) is 106 Å². The zero-order valence-electron chi connectivity index (χ0n) is 21.9. The highest BCUT2D eigenvalue weighted by atomic mass is 32.2. The average Bonchev–Trinajstić information content (AvgIpc) is 3.56. The Morgan fingerprint density at radius 3 is 1.80 bits per heavy atom. The van der Waals surface area contributed by atoms with Gasteiger partial charge in [0.1, 0.15) is 12.1 Å². The van der Waals surface area contributed by atoms with Gasteiger partial charge in [-0.15, -0.1) is 11.3 Å². The molecule has 8 nitrogen and oxygen atoms in total. The molecule has 0 spiro atoms.